The average molecular weight is 277 g/mol. The predicted molar refractivity (Wildman–Crippen MR) is 48.2 cm³/mol. The fourth-order valence-corrected chi connectivity index (χ4v) is 1.39. The number of phenols is 1. The zero-order valence-electron chi connectivity index (χ0n) is 5.31. The number of nitriles is 1. The summed E-state index contributed by atoms with van der Waals surface area (Å²) < 4.78 is 1.12. The lowest BCUT2D eigenvalue weighted by atomic mass is 10.2. The molecule has 0 radical (unpaired) electrons. The van der Waals surface area contributed by atoms with Gasteiger partial charge in [0.05, 0.1) is 10.0 Å². The number of halogens is 2. The van der Waals surface area contributed by atoms with Gasteiger partial charge in [-0.2, -0.15) is 5.26 Å². The van der Waals surface area contributed by atoms with Crippen LogP contribution in [0.1, 0.15) is 5.56 Å². The molecule has 0 unspecified atom stereocenters. The van der Waals surface area contributed by atoms with Crippen LogP contribution in [0.4, 0.5) is 0 Å². The van der Waals surface area contributed by atoms with Crippen molar-refractivity contribution in [1.82, 2.24) is 0 Å². The van der Waals surface area contributed by atoms with Crippen molar-refractivity contribution < 1.29 is 5.11 Å². The summed E-state index contributed by atoms with van der Waals surface area (Å²) in [7, 11) is 0. The second kappa shape index (κ2) is 3.24. The Balaban J connectivity index is 3.35. The summed E-state index contributed by atoms with van der Waals surface area (Å²) in [6.45, 7) is 0. The Morgan fingerprint density at radius 2 is 1.91 bits per heavy atom. The molecule has 2 nitrogen and oxygen atoms in total. The second-order valence-electron chi connectivity index (χ2n) is 1.90. The zero-order chi connectivity index (χ0) is 8.43. The minimum absolute atomic E-state index is 0.121. The van der Waals surface area contributed by atoms with Crippen LogP contribution in [0.25, 0.3) is 0 Å². The Morgan fingerprint density at radius 1 is 1.27 bits per heavy atom. The standard InChI is InChI=1S/C7H3Br2NO/c8-5-2-7(11)6(9)1-4(5)3-10/h1-2,11H. The van der Waals surface area contributed by atoms with E-state index >= 15 is 0 Å². The van der Waals surface area contributed by atoms with Crippen molar-refractivity contribution in [1.29, 1.82) is 5.26 Å². The summed E-state index contributed by atoms with van der Waals surface area (Å²) in [4.78, 5) is 0. The number of benzene rings is 1. The van der Waals surface area contributed by atoms with Crippen LogP contribution < -0.4 is 0 Å². The monoisotopic (exact) mass is 275 g/mol. The molecular weight excluding hydrogens is 274 g/mol. The first kappa shape index (κ1) is 8.57. The third kappa shape index (κ3) is 1.73. The maximum absolute atomic E-state index is 9.13. The van der Waals surface area contributed by atoms with Gasteiger partial charge in [0, 0.05) is 4.47 Å². The van der Waals surface area contributed by atoms with Gasteiger partial charge in [-0.3, -0.25) is 0 Å². The maximum Gasteiger partial charge on any atom is 0.130 e. The van der Waals surface area contributed by atoms with Gasteiger partial charge in [-0.05, 0) is 44.0 Å². The lowest BCUT2D eigenvalue weighted by Gasteiger charge is -1.98. The minimum atomic E-state index is 0.121. The van der Waals surface area contributed by atoms with E-state index in [-0.39, 0.29) is 5.75 Å². The van der Waals surface area contributed by atoms with Gasteiger partial charge in [-0.25, -0.2) is 0 Å². The summed E-state index contributed by atoms with van der Waals surface area (Å²) in [5.41, 5.74) is 0.495. The van der Waals surface area contributed by atoms with E-state index in [1.54, 1.807) is 6.07 Å². The predicted octanol–water partition coefficient (Wildman–Crippen LogP) is 2.79. The molecule has 0 saturated carbocycles. The smallest absolute Gasteiger partial charge is 0.130 e. The van der Waals surface area contributed by atoms with E-state index in [0.717, 1.165) is 0 Å². The lowest BCUT2D eigenvalue weighted by Crippen LogP contribution is -1.77. The van der Waals surface area contributed by atoms with Gasteiger partial charge >= 0.3 is 0 Å². The molecule has 0 amide bonds. The fraction of sp³-hybridized carbons (Fsp3) is 0. The Morgan fingerprint density at radius 3 is 2.45 bits per heavy atom. The molecule has 0 aliphatic rings. The molecule has 0 aliphatic carbocycles. The molecule has 0 spiro atoms. The van der Waals surface area contributed by atoms with Gasteiger partial charge in [0.2, 0.25) is 0 Å². The molecule has 0 aliphatic heterocycles. The Kier molecular flexibility index (Phi) is 2.53. The molecule has 0 saturated heterocycles. The Labute approximate surface area is 80.7 Å². The van der Waals surface area contributed by atoms with Gasteiger partial charge in [0.15, 0.2) is 0 Å². The summed E-state index contributed by atoms with van der Waals surface area (Å²) in [6, 6.07) is 5.01. The van der Waals surface area contributed by atoms with Crippen LogP contribution >= 0.6 is 31.9 Å². The Bertz CT molecular complexity index is 330. The first-order valence-corrected chi connectivity index (χ1v) is 4.32. The highest BCUT2D eigenvalue weighted by Crippen LogP contribution is 2.29. The highest BCUT2D eigenvalue weighted by atomic mass is 79.9. The van der Waals surface area contributed by atoms with Crippen molar-refractivity contribution in [2.75, 3.05) is 0 Å². The quantitative estimate of drug-likeness (QED) is 0.792. The summed E-state index contributed by atoms with van der Waals surface area (Å²) in [5, 5.41) is 17.7. The van der Waals surface area contributed by atoms with Crippen molar-refractivity contribution >= 4 is 31.9 Å². The van der Waals surface area contributed by atoms with Crippen molar-refractivity contribution in [2.24, 2.45) is 0 Å². The molecule has 1 N–H and O–H groups in total. The molecule has 4 heteroatoms. The molecule has 0 aromatic heterocycles. The van der Waals surface area contributed by atoms with Crippen LogP contribution in [-0.2, 0) is 0 Å². The van der Waals surface area contributed by atoms with Gasteiger partial charge in [-0.15, -0.1) is 0 Å². The van der Waals surface area contributed by atoms with Crippen LogP contribution in [0.3, 0.4) is 0 Å². The van der Waals surface area contributed by atoms with Gasteiger partial charge in [0.1, 0.15) is 11.8 Å². The van der Waals surface area contributed by atoms with Crippen molar-refractivity contribution in [3.63, 3.8) is 0 Å². The third-order valence-electron chi connectivity index (χ3n) is 1.16. The number of phenolic OH excluding ortho intramolecular Hbond substituents is 1. The van der Waals surface area contributed by atoms with Gasteiger partial charge in [0.25, 0.3) is 0 Å². The van der Waals surface area contributed by atoms with Crippen LogP contribution in [0.5, 0.6) is 5.75 Å². The van der Waals surface area contributed by atoms with E-state index < -0.39 is 0 Å². The van der Waals surface area contributed by atoms with Crippen molar-refractivity contribution in [3.05, 3.63) is 26.6 Å². The zero-order valence-corrected chi connectivity index (χ0v) is 8.48. The molecular formula is C7H3Br2NO. The molecule has 0 heterocycles. The lowest BCUT2D eigenvalue weighted by molar-refractivity contribution is 0.471. The average Bonchev–Trinajstić information content (AvgIpc) is 1.97. The summed E-state index contributed by atoms with van der Waals surface area (Å²) in [5.74, 6) is 0.121. The van der Waals surface area contributed by atoms with Gasteiger partial charge < -0.3 is 5.11 Å². The molecule has 0 fully saturated rings. The molecule has 1 aromatic rings. The molecule has 0 bridgehead atoms. The van der Waals surface area contributed by atoms with E-state index in [0.29, 0.717) is 14.5 Å². The largest absolute Gasteiger partial charge is 0.507 e. The number of rotatable bonds is 0. The number of hydrogen-bond donors (Lipinski definition) is 1. The highest BCUT2D eigenvalue weighted by Gasteiger charge is 2.03. The first-order chi connectivity index (χ1) is 5.15. The molecule has 1 rings (SSSR count). The van der Waals surface area contributed by atoms with Crippen molar-refractivity contribution in [3.8, 4) is 11.8 Å². The normalized spacial score (nSPS) is 9.18. The Hall–Kier alpha value is -0.530. The van der Waals surface area contributed by atoms with Gasteiger partial charge in [-0.1, -0.05) is 0 Å². The molecule has 56 valence electrons. The van der Waals surface area contributed by atoms with Crippen molar-refractivity contribution in [2.45, 2.75) is 0 Å². The van der Waals surface area contributed by atoms with E-state index in [1.165, 1.54) is 6.07 Å². The summed E-state index contributed by atoms with van der Waals surface area (Å²) >= 11 is 6.24. The molecule has 1 aromatic carbocycles. The van der Waals surface area contributed by atoms with E-state index in [9.17, 15) is 0 Å². The number of hydrogen-bond acceptors (Lipinski definition) is 2. The molecule has 0 atom stereocenters. The van der Waals surface area contributed by atoms with E-state index in [4.69, 9.17) is 10.4 Å². The van der Waals surface area contributed by atoms with Crippen LogP contribution in [-0.4, -0.2) is 5.11 Å². The van der Waals surface area contributed by atoms with Crippen LogP contribution in [0, 0.1) is 11.3 Å². The van der Waals surface area contributed by atoms with Crippen LogP contribution in [0.2, 0.25) is 0 Å². The minimum Gasteiger partial charge on any atom is -0.507 e. The molecule has 11 heavy (non-hydrogen) atoms. The van der Waals surface area contributed by atoms with E-state index in [2.05, 4.69) is 31.9 Å². The summed E-state index contributed by atoms with van der Waals surface area (Å²) in [6.07, 6.45) is 0. The van der Waals surface area contributed by atoms with Crippen LogP contribution in [0.15, 0.2) is 21.1 Å². The SMILES string of the molecule is N#Cc1cc(Br)c(O)cc1Br. The maximum atomic E-state index is 9.13. The number of nitrogens with zero attached hydrogens (tertiary/aromatic N) is 1. The fourth-order valence-electron chi connectivity index (χ4n) is 0.622. The highest BCUT2D eigenvalue weighted by molar-refractivity contribution is 9.11. The number of aromatic hydroxyl groups is 1. The van der Waals surface area contributed by atoms with E-state index in [1.807, 2.05) is 6.07 Å². The first-order valence-electron chi connectivity index (χ1n) is 2.73. The third-order valence-corrected chi connectivity index (χ3v) is 2.45. The second-order valence-corrected chi connectivity index (χ2v) is 3.60. The topological polar surface area (TPSA) is 44.0 Å².